The fourth-order valence-electron chi connectivity index (χ4n) is 2.74. The minimum atomic E-state index is 0.0610. The van der Waals surface area contributed by atoms with Crippen molar-refractivity contribution in [3.63, 3.8) is 0 Å². The van der Waals surface area contributed by atoms with Crippen LogP contribution in [-0.4, -0.2) is 18.7 Å². The Morgan fingerprint density at radius 3 is 2.09 bits per heavy atom. The maximum absolute atomic E-state index is 12.2. The standard InChI is InChI=1S/C20H33NOS/c1-3-4-5-6-7-8-9-10-11-14-17-21-20(22)18-15-12-13-16-19(18)23-2/h12-13,15-16H,3-11,14,17H2,1-2H3,(H,21,22). The number of hydrogen-bond acceptors (Lipinski definition) is 2. The van der Waals surface area contributed by atoms with Crippen LogP contribution in [0.4, 0.5) is 0 Å². The zero-order chi connectivity index (χ0) is 16.8. The predicted molar refractivity (Wildman–Crippen MR) is 102 cm³/mol. The molecular formula is C20H33NOS. The predicted octanol–water partition coefficient (Wildman–Crippen LogP) is 6.06. The second-order valence-electron chi connectivity index (χ2n) is 6.14. The largest absolute Gasteiger partial charge is 0.352 e. The van der Waals surface area contributed by atoms with E-state index in [0.29, 0.717) is 0 Å². The van der Waals surface area contributed by atoms with Crippen LogP contribution in [0.1, 0.15) is 81.5 Å². The van der Waals surface area contributed by atoms with Crippen molar-refractivity contribution in [3.05, 3.63) is 29.8 Å². The molecule has 0 spiro atoms. The van der Waals surface area contributed by atoms with E-state index in [-0.39, 0.29) is 5.91 Å². The maximum atomic E-state index is 12.2. The van der Waals surface area contributed by atoms with E-state index in [4.69, 9.17) is 0 Å². The second-order valence-corrected chi connectivity index (χ2v) is 6.99. The SMILES string of the molecule is CCCCCCCCCCCCNC(=O)c1ccccc1SC. The summed E-state index contributed by atoms with van der Waals surface area (Å²) in [6, 6.07) is 7.81. The molecule has 0 saturated carbocycles. The molecule has 3 heteroatoms. The van der Waals surface area contributed by atoms with Gasteiger partial charge in [0.05, 0.1) is 5.56 Å². The highest BCUT2D eigenvalue weighted by molar-refractivity contribution is 7.98. The van der Waals surface area contributed by atoms with Gasteiger partial charge in [-0.15, -0.1) is 11.8 Å². The van der Waals surface area contributed by atoms with Gasteiger partial charge in [0.2, 0.25) is 0 Å². The first kappa shape index (κ1) is 20.1. The van der Waals surface area contributed by atoms with E-state index in [2.05, 4.69) is 12.2 Å². The summed E-state index contributed by atoms with van der Waals surface area (Å²) in [5.74, 6) is 0.0610. The van der Waals surface area contributed by atoms with E-state index in [1.807, 2.05) is 30.5 Å². The van der Waals surface area contributed by atoms with E-state index in [9.17, 15) is 4.79 Å². The first-order chi connectivity index (χ1) is 11.3. The van der Waals surface area contributed by atoms with Gasteiger partial charge in [-0.2, -0.15) is 0 Å². The molecule has 0 aliphatic carbocycles. The average molecular weight is 336 g/mol. The van der Waals surface area contributed by atoms with Crippen molar-refractivity contribution in [1.29, 1.82) is 0 Å². The number of rotatable bonds is 13. The number of carbonyl (C=O) groups excluding carboxylic acids is 1. The van der Waals surface area contributed by atoms with Gasteiger partial charge in [-0.1, -0.05) is 76.8 Å². The summed E-state index contributed by atoms with van der Waals surface area (Å²) < 4.78 is 0. The zero-order valence-corrected chi connectivity index (χ0v) is 15.7. The Hall–Kier alpha value is -0.960. The van der Waals surface area contributed by atoms with Crippen LogP contribution in [-0.2, 0) is 0 Å². The van der Waals surface area contributed by atoms with Gasteiger partial charge in [0, 0.05) is 11.4 Å². The van der Waals surface area contributed by atoms with Gasteiger partial charge in [0.1, 0.15) is 0 Å². The molecule has 0 unspecified atom stereocenters. The molecule has 0 fully saturated rings. The molecule has 0 saturated heterocycles. The molecule has 23 heavy (non-hydrogen) atoms. The van der Waals surface area contributed by atoms with E-state index < -0.39 is 0 Å². The highest BCUT2D eigenvalue weighted by Crippen LogP contribution is 2.19. The number of thioether (sulfide) groups is 1. The van der Waals surface area contributed by atoms with Gasteiger partial charge in [-0.25, -0.2) is 0 Å². The Labute approximate surface area is 146 Å². The first-order valence-electron chi connectivity index (χ1n) is 9.20. The van der Waals surface area contributed by atoms with Crippen molar-refractivity contribution in [2.75, 3.05) is 12.8 Å². The molecule has 1 aromatic carbocycles. The van der Waals surface area contributed by atoms with E-state index >= 15 is 0 Å². The lowest BCUT2D eigenvalue weighted by Gasteiger charge is -2.08. The third-order valence-corrected chi connectivity index (χ3v) is 4.96. The van der Waals surface area contributed by atoms with Crippen LogP contribution in [0.5, 0.6) is 0 Å². The van der Waals surface area contributed by atoms with E-state index in [0.717, 1.165) is 23.4 Å². The molecule has 1 aromatic rings. The summed E-state index contributed by atoms with van der Waals surface area (Å²) in [6.45, 7) is 3.05. The van der Waals surface area contributed by atoms with Crippen molar-refractivity contribution in [2.24, 2.45) is 0 Å². The van der Waals surface area contributed by atoms with E-state index in [1.165, 1.54) is 57.8 Å². The van der Waals surface area contributed by atoms with Crippen molar-refractivity contribution < 1.29 is 4.79 Å². The third kappa shape index (κ3) is 9.04. The van der Waals surface area contributed by atoms with Crippen molar-refractivity contribution in [3.8, 4) is 0 Å². The van der Waals surface area contributed by atoms with Gasteiger partial charge in [-0.05, 0) is 24.8 Å². The number of nitrogens with one attached hydrogen (secondary N) is 1. The maximum Gasteiger partial charge on any atom is 0.252 e. The van der Waals surface area contributed by atoms with Gasteiger partial charge in [0.25, 0.3) is 5.91 Å². The Kier molecular flexibility index (Phi) is 11.8. The van der Waals surface area contributed by atoms with Gasteiger partial charge in [0.15, 0.2) is 0 Å². The quantitative estimate of drug-likeness (QED) is 0.351. The zero-order valence-electron chi connectivity index (χ0n) is 14.9. The summed E-state index contributed by atoms with van der Waals surface area (Å²) in [5, 5.41) is 3.05. The van der Waals surface area contributed by atoms with Crippen molar-refractivity contribution in [1.82, 2.24) is 5.32 Å². The van der Waals surface area contributed by atoms with Crippen molar-refractivity contribution >= 4 is 17.7 Å². The molecule has 1 rings (SSSR count). The molecule has 0 radical (unpaired) electrons. The molecule has 1 amide bonds. The molecule has 130 valence electrons. The number of amides is 1. The minimum absolute atomic E-state index is 0.0610. The molecule has 2 nitrogen and oxygen atoms in total. The summed E-state index contributed by atoms with van der Waals surface area (Å²) >= 11 is 1.62. The fraction of sp³-hybridized carbons (Fsp3) is 0.650. The van der Waals surface area contributed by atoms with Gasteiger partial charge < -0.3 is 5.32 Å². The van der Waals surface area contributed by atoms with Gasteiger partial charge in [-0.3, -0.25) is 4.79 Å². The van der Waals surface area contributed by atoms with Crippen LogP contribution in [0, 0.1) is 0 Å². The Bertz CT molecular complexity index is 433. The van der Waals surface area contributed by atoms with Crippen LogP contribution in [0.3, 0.4) is 0 Å². The highest BCUT2D eigenvalue weighted by atomic mass is 32.2. The molecule has 0 bridgehead atoms. The Morgan fingerprint density at radius 1 is 0.913 bits per heavy atom. The molecule has 0 aliphatic rings. The lowest BCUT2D eigenvalue weighted by molar-refractivity contribution is 0.0950. The monoisotopic (exact) mass is 335 g/mol. The summed E-state index contributed by atoms with van der Waals surface area (Å²) in [7, 11) is 0. The Balaban J connectivity index is 2.01. The summed E-state index contributed by atoms with van der Waals surface area (Å²) in [5.41, 5.74) is 0.798. The first-order valence-corrected chi connectivity index (χ1v) is 10.4. The number of unbranched alkanes of at least 4 members (excludes halogenated alkanes) is 9. The van der Waals surface area contributed by atoms with Gasteiger partial charge >= 0.3 is 0 Å². The normalized spacial score (nSPS) is 10.7. The smallest absolute Gasteiger partial charge is 0.252 e. The summed E-state index contributed by atoms with van der Waals surface area (Å²) in [6.07, 6.45) is 15.2. The number of benzene rings is 1. The van der Waals surface area contributed by atoms with Crippen LogP contribution >= 0.6 is 11.8 Å². The molecular weight excluding hydrogens is 302 g/mol. The molecule has 0 atom stereocenters. The number of carbonyl (C=O) groups is 1. The molecule has 0 aliphatic heterocycles. The molecule has 1 N–H and O–H groups in total. The Morgan fingerprint density at radius 2 is 1.48 bits per heavy atom. The topological polar surface area (TPSA) is 29.1 Å². The van der Waals surface area contributed by atoms with E-state index in [1.54, 1.807) is 11.8 Å². The second kappa shape index (κ2) is 13.5. The average Bonchev–Trinajstić information content (AvgIpc) is 2.59. The molecule has 0 heterocycles. The third-order valence-electron chi connectivity index (χ3n) is 4.17. The van der Waals surface area contributed by atoms with Crippen molar-refractivity contribution in [2.45, 2.75) is 76.0 Å². The lowest BCUT2D eigenvalue weighted by Crippen LogP contribution is -2.24. The van der Waals surface area contributed by atoms with Crippen LogP contribution in [0.15, 0.2) is 29.2 Å². The van der Waals surface area contributed by atoms with Crippen LogP contribution in [0.2, 0.25) is 0 Å². The molecule has 0 aromatic heterocycles. The van der Waals surface area contributed by atoms with Crippen LogP contribution in [0.25, 0.3) is 0 Å². The fourth-order valence-corrected chi connectivity index (χ4v) is 3.34. The lowest BCUT2D eigenvalue weighted by atomic mass is 10.1. The summed E-state index contributed by atoms with van der Waals surface area (Å²) in [4.78, 5) is 13.2. The number of hydrogen-bond donors (Lipinski definition) is 1. The van der Waals surface area contributed by atoms with Crippen LogP contribution < -0.4 is 5.32 Å². The highest BCUT2D eigenvalue weighted by Gasteiger charge is 2.08. The minimum Gasteiger partial charge on any atom is -0.352 e.